The third-order valence-electron chi connectivity index (χ3n) is 1.93. The smallest absolute Gasteiger partial charge is 0.211 e. The van der Waals surface area contributed by atoms with Gasteiger partial charge in [0.15, 0.2) is 0 Å². The number of hydrogen-bond donors (Lipinski definition) is 1. The van der Waals surface area contributed by atoms with Gasteiger partial charge in [-0.15, -0.1) is 0 Å². The van der Waals surface area contributed by atoms with Gasteiger partial charge < -0.3 is 5.32 Å². The van der Waals surface area contributed by atoms with Gasteiger partial charge in [0.2, 0.25) is 6.41 Å². The minimum atomic E-state index is -0.394. The lowest BCUT2D eigenvalue weighted by Gasteiger charge is -2.04. The van der Waals surface area contributed by atoms with Crippen molar-refractivity contribution in [3.63, 3.8) is 0 Å². The summed E-state index contributed by atoms with van der Waals surface area (Å²) in [5.41, 5.74) is 0.456. The van der Waals surface area contributed by atoms with E-state index in [1.54, 1.807) is 18.5 Å². The molecule has 1 amide bonds. The van der Waals surface area contributed by atoms with Gasteiger partial charge in [-0.25, -0.2) is 4.39 Å². The molecule has 0 saturated carbocycles. The van der Waals surface area contributed by atoms with Crippen molar-refractivity contribution in [1.29, 1.82) is 0 Å². The largest absolute Gasteiger partial charge is 0.328 e. The Morgan fingerprint density at radius 2 is 2.29 bits per heavy atom. The van der Waals surface area contributed by atoms with Crippen molar-refractivity contribution in [3.05, 3.63) is 36.4 Å². The zero-order valence-electron chi connectivity index (χ0n) is 7.20. The lowest BCUT2D eigenvalue weighted by atomic mass is 10.1. The van der Waals surface area contributed by atoms with Gasteiger partial charge in [-0.1, -0.05) is 0 Å². The Morgan fingerprint density at radius 3 is 3.07 bits per heavy atom. The van der Waals surface area contributed by atoms with Crippen LogP contribution in [0.2, 0.25) is 0 Å². The number of nitrogens with zero attached hydrogens (tertiary/aromatic N) is 1. The summed E-state index contributed by atoms with van der Waals surface area (Å²) in [7, 11) is 0. The summed E-state index contributed by atoms with van der Waals surface area (Å²) in [5, 5.41) is 3.88. The van der Waals surface area contributed by atoms with Gasteiger partial charge in [-0.2, -0.15) is 0 Å². The van der Waals surface area contributed by atoms with Gasteiger partial charge in [-0.05, 0) is 18.2 Å². The summed E-state index contributed by atoms with van der Waals surface area (Å²) in [5.74, 6) is -0.394. The highest BCUT2D eigenvalue weighted by Gasteiger charge is 2.02. The molecule has 0 saturated heterocycles. The molecule has 0 aliphatic heterocycles. The molecule has 1 aromatic carbocycles. The Morgan fingerprint density at radius 1 is 1.43 bits per heavy atom. The molecule has 1 aromatic heterocycles. The van der Waals surface area contributed by atoms with Gasteiger partial charge >= 0.3 is 0 Å². The van der Waals surface area contributed by atoms with Gasteiger partial charge in [-0.3, -0.25) is 9.78 Å². The first-order chi connectivity index (χ1) is 6.81. The molecule has 1 N–H and O–H groups in total. The van der Waals surface area contributed by atoms with Crippen LogP contribution in [-0.2, 0) is 4.79 Å². The van der Waals surface area contributed by atoms with Crippen LogP contribution in [-0.4, -0.2) is 11.4 Å². The first kappa shape index (κ1) is 8.62. The fourth-order valence-electron chi connectivity index (χ4n) is 1.36. The van der Waals surface area contributed by atoms with E-state index >= 15 is 0 Å². The Balaban J connectivity index is 2.73. The van der Waals surface area contributed by atoms with Gasteiger partial charge in [0.05, 0.1) is 5.69 Å². The number of anilines is 1. The van der Waals surface area contributed by atoms with Gasteiger partial charge in [0.25, 0.3) is 0 Å². The number of benzene rings is 1. The Bertz CT molecular complexity index is 485. The summed E-state index contributed by atoms with van der Waals surface area (Å²) < 4.78 is 13.0. The van der Waals surface area contributed by atoms with E-state index in [0.717, 1.165) is 5.39 Å². The Kier molecular flexibility index (Phi) is 2.10. The quantitative estimate of drug-likeness (QED) is 0.735. The number of nitrogens with one attached hydrogen (secondary N) is 1. The van der Waals surface area contributed by atoms with E-state index in [1.165, 1.54) is 12.1 Å². The molecule has 4 heteroatoms. The molecule has 70 valence electrons. The number of aromatic nitrogens is 1. The normalized spacial score (nSPS) is 10.1. The van der Waals surface area contributed by atoms with Crippen LogP contribution in [0.15, 0.2) is 30.6 Å². The van der Waals surface area contributed by atoms with Crippen molar-refractivity contribution in [2.75, 3.05) is 5.32 Å². The summed E-state index contributed by atoms with van der Waals surface area (Å²) in [6.07, 6.45) is 3.67. The molecule has 3 nitrogen and oxygen atoms in total. The number of hydrogen-bond acceptors (Lipinski definition) is 2. The zero-order chi connectivity index (χ0) is 9.97. The third kappa shape index (κ3) is 1.42. The number of amides is 1. The molecule has 0 aliphatic rings. The molecule has 0 atom stereocenters. The van der Waals surface area contributed by atoms with Crippen molar-refractivity contribution in [2.45, 2.75) is 0 Å². The second kappa shape index (κ2) is 3.41. The van der Waals surface area contributed by atoms with Crippen molar-refractivity contribution >= 4 is 22.9 Å². The standard InChI is InChI=1S/C10H7FN2O/c11-8-3-7-5-12-2-1-9(7)10(4-8)13-6-14/h1-6H,(H,13,14). The van der Waals surface area contributed by atoms with E-state index in [2.05, 4.69) is 10.3 Å². The van der Waals surface area contributed by atoms with Crippen LogP contribution in [0.4, 0.5) is 10.1 Å². The van der Waals surface area contributed by atoms with E-state index in [0.29, 0.717) is 17.5 Å². The maximum atomic E-state index is 13.0. The lowest BCUT2D eigenvalue weighted by Crippen LogP contribution is -1.95. The molecular weight excluding hydrogens is 183 g/mol. The highest BCUT2D eigenvalue weighted by atomic mass is 19.1. The number of carbonyl (C=O) groups excluding carboxylic acids is 1. The minimum Gasteiger partial charge on any atom is -0.328 e. The minimum absolute atomic E-state index is 0.394. The molecule has 0 spiro atoms. The monoisotopic (exact) mass is 190 g/mol. The number of carbonyl (C=O) groups is 1. The van der Waals surface area contributed by atoms with Crippen LogP contribution in [0.25, 0.3) is 10.8 Å². The SMILES string of the molecule is O=CNc1cc(F)cc2cnccc12. The summed E-state index contributed by atoms with van der Waals surface area (Å²) in [6, 6.07) is 4.37. The molecule has 0 aliphatic carbocycles. The van der Waals surface area contributed by atoms with E-state index in [4.69, 9.17) is 0 Å². The highest BCUT2D eigenvalue weighted by Crippen LogP contribution is 2.23. The van der Waals surface area contributed by atoms with Crippen LogP contribution in [0, 0.1) is 5.82 Å². The first-order valence-corrected chi connectivity index (χ1v) is 4.05. The predicted octanol–water partition coefficient (Wildman–Crippen LogP) is 1.94. The number of pyridine rings is 1. The topological polar surface area (TPSA) is 42.0 Å². The first-order valence-electron chi connectivity index (χ1n) is 4.05. The van der Waals surface area contributed by atoms with Crippen molar-refractivity contribution < 1.29 is 9.18 Å². The van der Waals surface area contributed by atoms with Gasteiger partial charge in [0, 0.05) is 23.2 Å². The summed E-state index contributed by atoms with van der Waals surface area (Å²) >= 11 is 0. The highest BCUT2D eigenvalue weighted by molar-refractivity contribution is 5.96. The number of halogens is 1. The fourth-order valence-corrected chi connectivity index (χ4v) is 1.36. The van der Waals surface area contributed by atoms with Crippen molar-refractivity contribution in [2.24, 2.45) is 0 Å². The molecule has 0 radical (unpaired) electrons. The third-order valence-corrected chi connectivity index (χ3v) is 1.93. The predicted molar refractivity (Wildman–Crippen MR) is 51.4 cm³/mol. The van der Waals surface area contributed by atoms with Crippen molar-refractivity contribution in [3.8, 4) is 0 Å². The van der Waals surface area contributed by atoms with Crippen LogP contribution < -0.4 is 5.32 Å². The number of fused-ring (bicyclic) bond motifs is 1. The van der Waals surface area contributed by atoms with Crippen LogP contribution in [0.5, 0.6) is 0 Å². The average Bonchev–Trinajstić information content (AvgIpc) is 2.18. The van der Waals surface area contributed by atoms with E-state index < -0.39 is 5.82 Å². The second-order valence-electron chi connectivity index (χ2n) is 2.81. The molecule has 2 rings (SSSR count). The molecule has 0 bridgehead atoms. The van der Waals surface area contributed by atoms with Gasteiger partial charge in [0.1, 0.15) is 5.82 Å². The molecule has 2 aromatic rings. The van der Waals surface area contributed by atoms with E-state index in [1.807, 2.05) is 0 Å². The molecule has 0 fully saturated rings. The average molecular weight is 190 g/mol. The van der Waals surface area contributed by atoms with Crippen LogP contribution in [0.1, 0.15) is 0 Å². The fraction of sp³-hybridized carbons (Fsp3) is 0. The van der Waals surface area contributed by atoms with E-state index in [9.17, 15) is 9.18 Å². The Labute approximate surface area is 79.6 Å². The summed E-state index contributed by atoms with van der Waals surface area (Å²) in [6.45, 7) is 0. The molecule has 14 heavy (non-hydrogen) atoms. The second-order valence-corrected chi connectivity index (χ2v) is 2.81. The van der Waals surface area contributed by atoms with Crippen molar-refractivity contribution in [1.82, 2.24) is 4.98 Å². The molecule has 0 unspecified atom stereocenters. The summed E-state index contributed by atoms with van der Waals surface area (Å²) in [4.78, 5) is 14.2. The molecule has 1 heterocycles. The molecular formula is C10H7FN2O. The maximum Gasteiger partial charge on any atom is 0.211 e. The van der Waals surface area contributed by atoms with E-state index in [-0.39, 0.29) is 0 Å². The Hall–Kier alpha value is -1.97. The zero-order valence-corrected chi connectivity index (χ0v) is 7.20. The van der Waals surface area contributed by atoms with Crippen LogP contribution in [0.3, 0.4) is 0 Å². The number of rotatable bonds is 2. The lowest BCUT2D eigenvalue weighted by molar-refractivity contribution is -0.105. The maximum absolute atomic E-state index is 13.0. The van der Waals surface area contributed by atoms with Crippen LogP contribution >= 0.6 is 0 Å².